The molecule has 3 unspecified atom stereocenters. The third kappa shape index (κ3) is 3.46. The Balaban J connectivity index is 0.00000108. The molecule has 2 saturated carbocycles. The number of nitrogens with zero attached hydrogens (tertiary/aromatic N) is 1. The van der Waals surface area contributed by atoms with Crippen molar-refractivity contribution >= 4 is 0 Å². The maximum absolute atomic E-state index is 6.97. The standard InChI is InChI=1S/C29H33NO4.C2H6/c1-2-4-19(5-3-1)15-32-24-9-8-20-13-23-22-12-21-16-31-17-33-26(21)28-29(22,25(20)27(24)34-28)10-11-30(23)14-18-6-7-18;1-2/h1-5,8-9,18,21-23,26,28H,6-7,10-17H2;1-2H3/t21-,22?,23?,26?,28+,29+;/m1./s1. The number of ether oxygens (including phenoxy) is 4. The summed E-state index contributed by atoms with van der Waals surface area (Å²) in [7, 11) is 0. The lowest BCUT2D eigenvalue weighted by molar-refractivity contribution is -0.235. The van der Waals surface area contributed by atoms with Gasteiger partial charge in [0.05, 0.1) is 6.61 Å². The van der Waals surface area contributed by atoms with E-state index in [4.69, 9.17) is 18.9 Å². The second-order valence-corrected chi connectivity index (χ2v) is 11.5. The minimum absolute atomic E-state index is 0.0538. The molecule has 0 N–H and O–H groups in total. The predicted molar refractivity (Wildman–Crippen MR) is 138 cm³/mol. The lowest BCUT2D eigenvalue weighted by Crippen LogP contribution is -2.69. The number of hydrogen-bond donors (Lipinski definition) is 0. The minimum atomic E-state index is 0.0538. The summed E-state index contributed by atoms with van der Waals surface area (Å²) in [5, 5.41) is 0. The van der Waals surface area contributed by atoms with Gasteiger partial charge < -0.3 is 18.9 Å². The van der Waals surface area contributed by atoms with Gasteiger partial charge in [-0.1, -0.05) is 50.2 Å². The van der Waals surface area contributed by atoms with Gasteiger partial charge in [-0.15, -0.1) is 0 Å². The minimum Gasteiger partial charge on any atom is -0.485 e. The van der Waals surface area contributed by atoms with Gasteiger partial charge >= 0.3 is 0 Å². The van der Waals surface area contributed by atoms with Gasteiger partial charge in [0.25, 0.3) is 0 Å². The zero-order valence-corrected chi connectivity index (χ0v) is 21.7. The van der Waals surface area contributed by atoms with E-state index in [9.17, 15) is 0 Å². The van der Waals surface area contributed by atoms with Crippen molar-refractivity contribution in [2.24, 2.45) is 17.8 Å². The Bertz CT molecular complexity index is 1100. The lowest BCUT2D eigenvalue weighted by Gasteiger charge is -2.61. The first-order valence-electron chi connectivity index (χ1n) is 14.2. The van der Waals surface area contributed by atoms with Crippen LogP contribution in [0.1, 0.15) is 56.2 Å². The number of piperidine rings is 1. The van der Waals surface area contributed by atoms with Crippen molar-refractivity contribution in [1.29, 1.82) is 0 Å². The molecular weight excluding hydrogens is 450 g/mol. The highest BCUT2D eigenvalue weighted by Gasteiger charge is 2.68. The van der Waals surface area contributed by atoms with Crippen LogP contribution in [0, 0.1) is 17.8 Å². The van der Waals surface area contributed by atoms with Crippen LogP contribution in [0.5, 0.6) is 11.5 Å². The van der Waals surface area contributed by atoms with E-state index in [1.807, 2.05) is 19.9 Å². The fourth-order valence-corrected chi connectivity index (χ4v) is 8.07. The zero-order valence-electron chi connectivity index (χ0n) is 21.7. The van der Waals surface area contributed by atoms with Crippen LogP contribution < -0.4 is 9.47 Å². The first-order chi connectivity index (χ1) is 17.8. The molecule has 192 valence electrons. The SMILES string of the molecule is CC.c1ccc(COc2ccc3c4c2O[C@H]2C5OCOC[C@H]5CC5C(C3)N(CC3CC3)CC[C@@]452)cc1. The highest BCUT2D eigenvalue weighted by molar-refractivity contribution is 5.61. The van der Waals surface area contributed by atoms with Crippen molar-refractivity contribution in [3.05, 3.63) is 59.2 Å². The Kier molecular flexibility index (Phi) is 5.79. The molecular formula is C31H39NO4. The summed E-state index contributed by atoms with van der Waals surface area (Å²) in [6.45, 7) is 8.21. The molecule has 5 heteroatoms. The van der Waals surface area contributed by atoms with Crippen LogP contribution in [0.25, 0.3) is 0 Å². The topological polar surface area (TPSA) is 40.2 Å². The normalized spacial score (nSPS) is 35.6. The summed E-state index contributed by atoms with van der Waals surface area (Å²) < 4.78 is 25.5. The highest BCUT2D eigenvalue weighted by Crippen LogP contribution is 2.65. The molecule has 2 bridgehead atoms. The molecule has 2 saturated heterocycles. The van der Waals surface area contributed by atoms with Crippen LogP contribution >= 0.6 is 0 Å². The summed E-state index contributed by atoms with van der Waals surface area (Å²) in [5.41, 5.74) is 4.18. The van der Waals surface area contributed by atoms with Crippen LogP contribution in [-0.4, -0.2) is 49.6 Å². The number of benzene rings is 2. The molecule has 36 heavy (non-hydrogen) atoms. The van der Waals surface area contributed by atoms with E-state index < -0.39 is 0 Å². The van der Waals surface area contributed by atoms with E-state index >= 15 is 0 Å². The molecule has 1 spiro atoms. The second kappa shape index (κ2) is 9.04. The van der Waals surface area contributed by atoms with Crippen LogP contribution in [0.15, 0.2) is 42.5 Å². The van der Waals surface area contributed by atoms with Crippen LogP contribution in [0.2, 0.25) is 0 Å². The van der Waals surface area contributed by atoms with Gasteiger partial charge in [-0.2, -0.15) is 0 Å². The lowest BCUT2D eigenvalue weighted by atomic mass is 9.49. The van der Waals surface area contributed by atoms with E-state index in [-0.39, 0.29) is 17.6 Å². The monoisotopic (exact) mass is 489 g/mol. The van der Waals surface area contributed by atoms with Crippen molar-refractivity contribution in [3.8, 4) is 11.5 Å². The molecule has 6 atom stereocenters. The predicted octanol–water partition coefficient (Wildman–Crippen LogP) is 5.34. The fraction of sp³-hybridized carbons (Fsp3) is 0.613. The van der Waals surface area contributed by atoms with Crippen LogP contribution in [0.4, 0.5) is 0 Å². The maximum atomic E-state index is 6.97. The van der Waals surface area contributed by atoms with Crippen molar-refractivity contribution in [1.82, 2.24) is 4.90 Å². The molecule has 4 fully saturated rings. The Morgan fingerprint density at radius 2 is 1.94 bits per heavy atom. The molecule has 2 aromatic rings. The van der Waals surface area contributed by atoms with E-state index in [1.165, 1.54) is 55.5 Å². The van der Waals surface area contributed by atoms with Crippen LogP contribution in [-0.2, 0) is 27.9 Å². The van der Waals surface area contributed by atoms with E-state index in [1.54, 1.807) is 0 Å². The number of rotatable bonds is 5. The summed E-state index contributed by atoms with van der Waals surface area (Å²) in [6, 6.07) is 15.5. The quantitative estimate of drug-likeness (QED) is 0.567. The first-order valence-corrected chi connectivity index (χ1v) is 14.2. The van der Waals surface area contributed by atoms with E-state index in [0.29, 0.717) is 31.3 Å². The molecule has 5 nitrogen and oxygen atoms in total. The van der Waals surface area contributed by atoms with E-state index in [0.717, 1.165) is 30.4 Å². The van der Waals surface area contributed by atoms with E-state index in [2.05, 4.69) is 41.3 Å². The average molecular weight is 490 g/mol. The van der Waals surface area contributed by atoms with Crippen molar-refractivity contribution in [2.75, 3.05) is 26.5 Å². The van der Waals surface area contributed by atoms with Gasteiger partial charge in [0.15, 0.2) is 11.5 Å². The molecule has 6 aliphatic rings. The summed E-state index contributed by atoms with van der Waals surface area (Å²) >= 11 is 0. The maximum Gasteiger partial charge on any atom is 0.165 e. The Morgan fingerprint density at radius 3 is 2.78 bits per heavy atom. The summed E-state index contributed by atoms with van der Waals surface area (Å²) in [5.74, 6) is 3.86. The largest absolute Gasteiger partial charge is 0.485 e. The average Bonchev–Trinajstić information content (AvgIpc) is 3.68. The van der Waals surface area contributed by atoms with Gasteiger partial charge in [0.2, 0.25) is 0 Å². The Morgan fingerprint density at radius 1 is 1.08 bits per heavy atom. The van der Waals surface area contributed by atoms with Gasteiger partial charge in [0, 0.05) is 29.5 Å². The fourth-order valence-electron chi connectivity index (χ4n) is 8.07. The Hall–Kier alpha value is -2.08. The van der Waals surface area contributed by atoms with Gasteiger partial charge in [-0.05, 0) is 67.7 Å². The van der Waals surface area contributed by atoms with Crippen molar-refractivity contribution in [3.63, 3.8) is 0 Å². The highest BCUT2D eigenvalue weighted by atomic mass is 16.7. The molecule has 0 aromatic heterocycles. The van der Waals surface area contributed by atoms with Crippen LogP contribution in [0.3, 0.4) is 0 Å². The molecule has 0 amide bonds. The number of hydrogen-bond acceptors (Lipinski definition) is 5. The summed E-state index contributed by atoms with van der Waals surface area (Å²) in [4.78, 5) is 2.84. The molecule has 3 heterocycles. The number of fused-ring (bicyclic) bond motifs is 2. The first kappa shape index (κ1) is 23.1. The summed E-state index contributed by atoms with van der Waals surface area (Å²) in [6.07, 6.45) is 6.50. The Labute approximate surface area is 215 Å². The zero-order chi connectivity index (χ0) is 24.3. The van der Waals surface area contributed by atoms with Crippen molar-refractivity contribution < 1.29 is 18.9 Å². The third-order valence-electron chi connectivity index (χ3n) is 9.68. The molecule has 3 aliphatic carbocycles. The number of likely N-dealkylation sites (tertiary alicyclic amines) is 1. The molecule has 3 aliphatic heterocycles. The third-order valence-corrected chi connectivity index (χ3v) is 9.68. The second-order valence-electron chi connectivity index (χ2n) is 11.5. The molecule has 8 rings (SSSR count). The molecule has 0 radical (unpaired) electrons. The van der Waals surface area contributed by atoms with Gasteiger partial charge in [-0.25, -0.2) is 0 Å². The van der Waals surface area contributed by atoms with Gasteiger partial charge in [0.1, 0.15) is 25.6 Å². The molecule has 2 aromatic carbocycles. The smallest absolute Gasteiger partial charge is 0.165 e. The van der Waals surface area contributed by atoms with Gasteiger partial charge in [-0.3, -0.25) is 4.90 Å². The van der Waals surface area contributed by atoms with Crippen molar-refractivity contribution in [2.45, 2.75) is 76.2 Å².